The Labute approximate surface area is 98.2 Å². The summed E-state index contributed by atoms with van der Waals surface area (Å²) in [4.78, 5) is 24.1. The van der Waals surface area contributed by atoms with E-state index in [0.29, 0.717) is 6.54 Å². The van der Waals surface area contributed by atoms with E-state index in [9.17, 15) is 14.9 Å². The first-order valence-electron chi connectivity index (χ1n) is 5.69. The molecule has 17 heavy (non-hydrogen) atoms. The lowest BCUT2D eigenvalue weighted by Gasteiger charge is -2.31. The van der Waals surface area contributed by atoms with Gasteiger partial charge >= 0.3 is 0 Å². The highest BCUT2D eigenvalue weighted by Gasteiger charge is 2.49. The van der Waals surface area contributed by atoms with E-state index in [1.165, 1.54) is 0 Å². The first-order chi connectivity index (χ1) is 8.18. The molecule has 1 aromatic carbocycles. The largest absolute Gasteiger partial charge is 0.328 e. The van der Waals surface area contributed by atoms with Crippen LogP contribution in [0.4, 0.5) is 0 Å². The molecule has 1 saturated heterocycles. The maximum Gasteiger partial charge on any atom is 0.246 e. The van der Waals surface area contributed by atoms with Crippen molar-refractivity contribution in [1.29, 1.82) is 0 Å². The van der Waals surface area contributed by atoms with Crippen LogP contribution in [-0.4, -0.2) is 28.3 Å². The van der Waals surface area contributed by atoms with Crippen LogP contribution in [-0.2, 0) is 11.2 Å². The van der Waals surface area contributed by atoms with Gasteiger partial charge in [0.05, 0.1) is 6.42 Å². The number of amides is 1. The van der Waals surface area contributed by atoms with E-state index in [0.717, 1.165) is 17.5 Å². The van der Waals surface area contributed by atoms with Gasteiger partial charge in [-0.1, -0.05) is 24.3 Å². The number of hydrogen-bond donors (Lipinski definition) is 0. The van der Waals surface area contributed by atoms with Crippen LogP contribution in [0.2, 0.25) is 0 Å². The molecular formula is C12H12N2O3. The fourth-order valence-corrected chi connectivity index (χ4v) is 2.89. The van der Waals surface area contributed by atoms with E-state index in [2.05, 4.69) is 0 Å². The molecule has 2 aliphatic heterocycles. The topological polar surface area (TPSA) is 63.4 Å². The zero-order valence-electron chi connectivity index (χ0n) is 9.20. The van der Waals surface area contributed by atoms with E-state index in [-0.39, 0.29) is 23.3 Å². The maximum absolute atomic E-state index is 11.8. The van der Waals surface area contributed by atoms with Gasteiger partial charge in [-0.05, 0) is 17.5 Å². The molecule has 0 N–H and O–H groups in total. The van der Waals surface area contributed by atoms with Gasteiger partial charge in [0.15, 0.2) is 0 Å². The van der Waals surface area contributed by atoms with Crippen molar-refractivity contribution in [2.75, 3.05) is 6.54 Å². The highest BCUT2D eigenvalue weighted by Crippen LogP contribution is 2.39. The molecule has 0 radical (unpaired) electrons. The molecule has 0 spiro atoms. The minimum Gasteiger partial charge on any atom is -0.328 e. The van der Waals surface area contributed by atoms with Crippen LogP contribution in [0.25, 0.3) is 0 Å². The Balaban J connectivity index is 2.09. The molecule has 0 aliphatic carbocycles. The zero-order chi connectivity index (χ0) is 12.0. The fraction of sp³-hybridized carbons (Fsp3) is 0.417. The molecule has 0 aromatic heterocycles. The third kappa shape index (κ3) is 1.42. The van der Waals surface area contributed by atoms with Crippen molar-refractivity contribution in [3.05, 3.63) is 45.5 Å². The summed E-state index contributed by atoms with van der Waals surface area (Å²) in [5, 5.41) is 11.0. The van der Waals surface area contributed by atoms with Crippen LogP contribution in [0.5, 0.6) is 0 Å². The predicted octanol–water partition coefficient (Wildman–Crippen LogP) is 1.16. The van der Waals surface area contributed by atoms with Gasteiger partial charge < -0.3 is 4.90 Å². The third-order valence-corrected chi connectivity index (χ3v) is 3.67. The van der Waals surface area contributed by atoms with Crippen LogP contribution in [0.15, 0.2) is 24.3 Å². The van der Waals surface area contributed by atoms with Crippen molar-refractivity contribution < 1.29 is 9.72 Å². The minimum atomic E-state index is -0.788. The average molecular weight is 232 g/mol. The summed E-state index contributed by atoms with van der Waals surface area (Å²) in [5.74, 6) is -0.0915. The molecule has 0 saturated carbocycles. The molecule has 5 heteroatoms. The molecule has 1 fully saturated rings. The van der Waals surface area contributed by atoms with E-state index < -0.39 is 6.04 Å². The van der Waals surface area contributed by atoms with E-state index in [1.54, 1.807) is 4.90 Å². The molecule has 5 nitrogen and oxygen atoms in total. The van der Waals surface area contributed by atoms with Gasteiger partial charge in [-0.15, -0.1) is 0 Å². The summed E-state index contributed by atoms with van der Waals surface area (Å²) in [7, 11) is 0. The Hall–Kier alpha value is -1.91. The first-order valence-corrected chi connectivity index (χ1v) is 5.69. The SMILES string of the molecule is O=C1C[C@H]([N+](=O)[O-])[C@H]2c3ccccc3CCN12. The number of nitro groups is 1. The molecule has 1 amide bonds. The lowest BCUT2D eigenvalue weighted by molar-refractivity contribution is -0.525. The van der Waals surface area contributed by atoms with Crippen LogP contribution in [0.3, 0.4) is 0 Å². The molecular weight excluding hydrogens is 220 g/mol. The second-order valence-electron chi connectivity index (χ2n) is 4.54. The highest BCUT2D eigenvalue weighted by molar-refractivity contribution is 5.80. The average Bonchev–Trinajstić information content (AvgIpc) is 2.67. The predicted molar refractivity (Wildman–Crippen MR) is 60.0 cm³/mol. The summed E-state index contributed by atoms with van der Waals surface area (Å²) >= 11 is 0. The Bertz CT molecular complexity index is 500. The van der Waals surface area contributed by atoms with Crippen molar-refractivity contribution >= 4 is 5.91 Å². The molecule has 1 aromatic rings. The van der Waals surface area contributed by atoms with E-state index >= 15 is 0 Å². The summed E-state index contributed by atoms with van der Waals surface area (Å²) in [6.07, 6.45) is 0.828. The number of carbonyl (C=O) groups excluding carboxylic acids is 1. The summed E-state index contributed by atoms with van der Waals surface area (Å²) < 4.78 is 0. The third-order valence-electron chi connectivity index (χ3n) is 3.67. The van der Waals surface area contributed by atoms with Gasteiger partial charge in [0.1, 0.15) is 6.04 Å². The Morgan fingerprint density at radius 1 is 1.35 bits per heavy atom. The molecule has 0 unspecified atom stereocenters. The van der Waals surface area contributed by atoms with Gasteiger partial charge in [0.2, 0.25) is 11.9 Å². The normalized spacial score (nSPS) is 26.6. The number of fused-ring (bicyclic) bond motifs is 3. The lowest BCUT2D eigenvalue weighted by Crippen LogP contribution is -2.38. The molecule has 2 heterocycles. The van der Waals surface area contributed by atoms with Crippen molar-refractivity contribution in [2.24, 2.45) is 0 Å². The molecule has 0 bridgehead atoms. The van der Waals surface area contributed by atoms with E-state index in [1.807, 2.05) is 24.3 Å². The number of benzene rings is 1. The van der Waals surface area contributed by atoms with Crippen LogP contribution in [0, 0.1) is 10.1 Å². The smallest absolute Gasteiger partial charge is 0.246 e. The summed E-state index contributed by atoms with van der Waals surface area (Å²) in [5.41, 5.74) is 2.08. The summed E-state index contributed by atoms with van der Waals surface area (Å²) in [6, 6.07) is 6.56. The fourth-order valence-electron chi connectivity index (χ4n) is 2.89. The van der Waals surface area contributed by atoms with Crippen molar-refractivity contribution in [3.8, 4) is 0 Å². The van der Waals surface area contributed by atoms with Crippen LogP contribution < -0.4 is 0 Å². The number of nitrogens with zero attached hydrogens (tertiary/aromatic N) is 2. The lowest BCUT2D eigenvalue weighted by atomic mass is 9.91. The number of rotatable bonds is 1. The van der Waals surface area contributed by atoms with Gasteiger partial charge in [-0.25, -0.2) is 0 Å². The second-order valence-corrected chi connectivity index (χ2v) is 4.54. The van der Waals surface area contributed by atoms with E-state index in [4.69, 9.17) is 0 Å². The summed E-state index contributed by atoms with van der Waals surface area (Å²) in [6.45, 7) is 0.602. The minimum absolute atomic E-state index is 0.0337. The first kappa shape index (κ1) is 10.3. The van der Waals surface area contributed by atoms with Crippen LogP contribution in [0.1, 0.15) is 23.6 Å². The van der Waals surface area contributed by atoms with Gasteiger partial charge in [-0.2, -0.15) is 0 Å². The second kappa shape index (κ2) is 3.55. The van der Waals surface area contributed by atoms with Gasteiger partial charge in [-0.3, -0.25) is 14.9 Å². The Morgan fingerprint density at radius 3 is 2.88 bits per heavy atom. The Morgan fingerprint density at radius 2 is 2.12 bits per heavy atom. The molecule has 2 atom stereocenters. The quantitative estimate of drug-likeness (QED) is 0.539. The zero-order valence-corrected chi connectivity index (χ0v) is 9.20. The number of hydrogen-bond acceptors (Lipinski definition) is 3. The van der Waals surface area contributed by atoms with Crippen molar-refractivity contribution in [3.63, 3.8) is 0 Å². The van der Waals surface area contributed by atoms with Crippen molar-refractivity contribution in [2.45, 2.75) is 24.9 Å². The van der Waals surface area contributed by atoms with Gasteiger partial charge in [0.25, 0.3) is 0 Å². The van der Waals surface area contributed by atoms with Gasteiger partial charge in [0, 0.05) is 11.5 Å². The Kier molecular flexibility index (Phi) is 2.14. The monoisotopic (exact) mass is 232 g/mol. The highest BCUT2D eigenvalue weighted by atomic mass is 16.6. The maximum atomic E-state index is 11.8. The standard InChI is InChI=1S/C12H12N2O3/c15-11-7-10(14(16)17)12-9-4-2-1-3-8(9)5-6-13(11)12/h1-4,10,12H,5-7H2/t10-,12+/m0/s1. The number of carbonyl (C=O) groups is 1. The van der Waals surface area contributed by atoms with Crippen LogP contribution >= 0.6 is 0 Å². The molecule has 2 aliphatic rings. The molecule has 88 valence electrons. The molecule has 3 rings (SSSR count). The van der Waals surface area contributed by atoms with Crippen molar-refractivity contribution in [1.82, 2.24) is 4.90 Å².